The number of hydrogen-bond acceptors (Lipinski definition) is 2. The molecular formula is C52H47NS. The van der Waals surface area contributed by atoms with Gasteiger partial charge >= 0.3 is 0 Å². The van der Waals surface area contributed by atoms with Gasteiger partial charge in [0.15, 0.2) is 0 Å². The smallest absolute Gasteiger partial charge is 0.0591 e. The number of anilines is 2. The van der Waals surface area contributed by atoms with Crippen molar-refractivity contribution in [3.05, 3.63) is 184 Å². The SMILES string of the molecule is C/C=C\C(=C/C)c1ccc(-c2ccc(N(c3ccc(-c4ccccc4)cc3)C3C=CC4=C(c5c(ccc6c7c(sc56)CCC=C7)C4(C)C)[C@@H]3C)cc2)cc1. The van der Waals surface area contributed by atoms with Crippen molar-refractivity contribution in [1.29, 1.82) is 0 Å². The Morgan fingerprint density at radius 2 is 1.37 bits per heavy atom. The van der Waals surface area contributed by atoms with Crippen LogP contribution in [0.2, 0.25) is 0 Å². The fraction of sp³-hybridized carbons (Fsp3) is 0.192. The number of aryl methyl sites for hydroxylation is 1. The molecule has 1 heterocycles. The maximum absolute atomic E-state index is 2.58. The second kappa shape index (κ2) is 13.8. The highest BCUT2D eigenvalue weighted by atomic mass is 32.1. The lowest BCUT2D eigenvalue weighted by Gasteiger charge is -2.39. The van der Waals surface area contributed by atoms with Crippen molar-refractivity contribution in [3.8, 4) is 22.3 Å². The van der Waals surface area contributed by atoms with E-state index in [4.69, 9.17) is 0 Å². The first-order valence-corrected chi connectivity index (χ1v) is 20.3. The lowest BCUT2D eigenvalue weighted by Crippen LogP contribution is -2.37. The van der Waals surface area contributed by atoms with Gasteiger partial charge < -0.3 is 4.90 Å². The van der Waals surface area contributed by atoms with Crippen molar-refractivity contribution in [2.45, 2.75) is 58.9 Å². The summed E-state index contributed by atoms with van der Waals surface area (Å²) in [6, 6.07) is 43.0. The molecule has 0 saturated heterocycles. The van der Waals surface area contributed by atoms with Crippen molar-refractivity contribution in [3.63, 3.8) is 0 Å². The standard InChI is InChI=1S/C52H47NS/c1-6-13-35(7-2)37-18-20-38(21-19-37)40-24-28-42(29-25-40)53(41-26-22-39(23-27-41)36-14-9-8-10-15-36)47-33-32-45-49(34(47)3)50-46(52(45,4)5)31-30-44-43-16-11-12-17-48(43)54-51(44)50/h6-11,13-16,18-34,47H,12,17H2,1-5H3/b13-6-,35-7+/t34-,47?/m1/s1. The predicted octanol–water partition coefficient (Wildman–Crippen LogP) is 14.6. The minimum Gasteiger partial charge on any atom is -0.334 e. The Kier molecular flexibility index (Phi) is 8.75. The molecule has 0 radical (unpaired) electrons. The maximum atomic E-state index is 2.58. The van der Waals surface area contributed by atoms with E-state index in [0.717, 1.165) is 12.8 Å². The summed E-state index contributed by atoms with van der Waals surface area (Å²) in [5.41, 5.74) is 17.2. The van der Waals surface area contributed by atoms with Gasteiger partial charge in [-0.2, -0.15) is 0 Å². The fourth-order valence-corrected chi connectivity index (χ4v) is 10.5. The van der Waals surface area contributed by atoms with E-state index in [2.05, 4.69) is 197 Å². The molecule has 2 heteroatoms. The number of fused-ring (bicyclic) bond motifs is 6. The second-order valence-corrected chi connectivity index (χ2v) is 16.6. The lowest BCUT2D eigenvalue weighted by molar-refractivity contribution is 0.603. The van der Waals surface area contributed by atoms with Crippen LogP contribution in [0.25, 0.3) is 49.6 Å². The molecule has 9 rings (SSSR count). The highest BCUT2D eigenvalue weighted by Crippen LogP contribution is 2.56. The van der Waals surface area contributed by atoms with Crippen LogP contribution in [0, 0.1) is 5.92 Å². The third-order valence-electron chi connectivity index (χ3n) is 12.0. The highest BCUT2D eigenvalue weighted by Gasteiger charge is 2.44. The molecule has 0 N–H and O–H groups in total. The molecular weight excluding hydrogens is 671 g/mol. The predicted molar refractivity (Wildman–Crippen MR) is 236 cm³/mol. The first kappa shape index (κ1) is 34.3. The van der Waals surface area contributed by atoms with Crippen LogP contribution in [0.4, 0.5) is 11.4 Å². The average Bonchev–Trinajstić information content (AvgIpc) is 3.71. The van der Waals surface area contributed by atoms with Gasteiger partial charge in [-0.25, -0.2) is 0 Å². The van der Waals surface area contributed by atoms with Crippen LogP contribution in [0.1, 0.15) is 68.2 Å². The van der Waals surface area contributed by atoms with Gasteiger partial charge in [0, 0.05) is 43.2 Å². The van der Waals surface area contributed by atoms with Crippen LogP contribution in [-0.4, -0.2) is 6.04 Å². The molecule has 54 heavy (non-hydrogen) atoms. The second-order valence-electron chi connectivity index (χ2n) is 15.5. The van der Waals surface area contributed by atoms with Gasteiger partial charge in [0.1, 0.15) is 0 Å². The molecule has 0 saturated carbocycles. The van der Waals surface area contributed by atoms with E-state index in [1.54, 1.807) is 4.88 Å². The fourth-order valence-electron chi connectivity index (χ4n) is 9.18. The zero-order valence-corrected chi connectivity index (χ0v) is 32.8. The summed E-state index contributed by atoms with van der Waals surface area (Å²) in [5, 5.41) is 1.42. The van der Waals surface area contributed by atoms with Gasteiger partial charge in [-0.15, -0.1) is 11.3 Å². The molecule has 0 aliphatic heterocycles. The summed E-state index contributed by atoms with van der Waals surface area (Å²) in [4.78, 5) is 4.12. The Bertz CT molecular complexity index is 2520. The molecule has 2 atom stereocenters. The summed E-state index contributed by atoms with van der Waals surface area (Å²) >= 11 is 2.04. The molecule has 0 spiro atoms. The highest BCUT2D eigenvalue weighted by molar-refractivity contribution is 7.19. The maximum Gasteiger partial charge on any atom is 0.0591 e. The van der Waals surface area contributed by atoms with Gasteiger partial charge in [-0.05, 0) is 107 Å². The zero-order chi connectivity index (χ0) is 37.0. The number of nitrogens with zero attached hydrogens (tertiary/aromatic N) is 1. The third-order valence-corrected chi connectivity index (χ3v) is 13.3. The van der Waals surface area contributed by atoms with Crippen molar-refractivity contribution < 1.29 is 0 Å². The van der Waals surface area contributed by atoms with Crippen molar-refractivity contribution in [1.82, 2.24) is 0 Å². The van der Waals surface area contributed by atoms with Gasteiger partial charge in [0.05, 0.1) is 6.04 Å². The molecule has 3 aliphatic carbocycles. The first-order valence-electron chi connectivity index (χ1n) is 19.5. The van der Waals surface area contributed by atoms with E-state index in [1.165, 1.54) is 82.7 Å². The molecule has 266 valence electrons. The van der Waals surface area contributed by atoms with Crippen LogP contribution in [0.5, 0.6) is 0 Å². The Morgan fingerprint density at radius 3 is 2.00 bits per heavy atom. The Hall–Kier alpha value is -5.44. The van der Waals surface area contributed by atoms with Gasteiger partial charge in [0.25, 0.3) is 0 Å². The molecule has 1 nitrogen and oxygen atoms in total. The summed E-state index contributed by atoms with van der Waals surface area (Å²) in [5.74, 6) is 0.268. The van der Waals surface area contributed by atoms with E-state index >= 15 is 0 Å². The van der Waals surface area contributed by atoms with E-state index in [1.807, 2.05) is 11.3 Å². The van der Waals surface area contributed by atoms with Crippen LogP contribution in [0.15, 0.2) is 157 Å². The Labute approximate surface area is 325 Å². The average molecular weight is 718 g/mol. The van der Waals surface area contributed by atoms with E-state index in [-0.39, 0.29) is 17.4 Å². The van der Waals surface area contributed by atoms with Crippen molar-refractivity contribution >= 4 is 50.0 Å². The van der Waals surface area contributed by atoms with Crippen LogP contribution < -0.4 is 4.90 Å². The largest absolute Gasteiger partial charge is 0.334 e. The molecule has 1 aromatic heterocycles. The quantitative estimate of drug-likeness (QED) is 0.149. The molecule has 0 fully saturated rings. The van der Waals surface area contributed by atoms with E-state index in [9.17, 15) is 0 Å². The van der Waals surface area contributed by atoms with Crippen LogP contribution in [-0.2, 0) is 11.8 Å². The summed E-state index contributed by atoms with van der Waals surface area (Å²) in [7, 11) is 0. The number of thiophene rings is 1. The topological polar surface area (TPSA) is 3.24 Å². The molecule has 0 amide bonds. The Balaban J connectivity index is 1.12. The van der Waals surface area contributed by atoms with E-state index < -0.39 is 0 Å². The van der Waals surface area contributed by atoms with Gasteiger partial charge in [0.2, 0.25) is 0 Å². The van der Waals surface area contributed by atoms with Crippen molar-refractivity contribution in [2.75, 3.05) is 4.90 Å². The number of rotatable bonds is 7. The zero-order valence-electron chi connectivity index (χ0n) is 31.9. The monoisotopic (exact) mass is 717 g/mol. The van der Waals surface area contributed by atoms with Crippen LogP contribution >= 0.6 is 11.3 Å². The number of benzene rings is 5. The van der Waals surface area contributed by atoms with Crippen molar-refractivity contribution in [2.24, 2.45) is 5.92 Å². The van der Waals surface area contributed by atoms with Gasteiger partial charge in [-0.1, -0.05) is 154 Å². The summed E-state index contributed by atoms with van der Waals surface area (Å²) in [6.45, 7) is 11.5. The molecule has 0 bridgehead atoms. The lowest BCUT2D eigenvalue weighted by atomic mass is 9.77. The van der Waals surface area contributed by atoms with Crippen LogP contribution in [0.3, 0.4) is 0 Å². The molecule has 6 aromatic rings. The number of allylic oxidation sites excluding steroid dienone is 7. The first-order chi connectivity index (χ1) is 26.4. The molecule has 1 unspecified atom stereocenters. The molecule has 3 aliphatic rings. The minimum atomic E-state index is -0.0468. The van der Waals surface area contributed by atoms with Gasteiger partial charge in [-0.3, -0.25) is 0 Å². The normalized spacial score (nSPS) is 18.6. The number of hydrogen-bond donors (Lipinski definition) is 0. The third kappa shape index (κ3) is 5.67. The van der Waals surface area contributed by atoms with E-state index in [0.29, 0.717) is 0 Å². The minimum absolute atomic E-state index is 0.0468. The summed E-state index contributed by atoms with van der Waals surface area (Å²) in [6.07, 6.45) is 18.4. The summed E-state index contributed by atoms with van der Waals surface area (Å²) < 4.78 is 1.48. The molecule has 5 aromatic carbocycles. The Morgan fingerprint density at radius 1 is 0.741 bits per heavy atom.